The Labute approximate surface area is 172 Å². The van der Waals surface area contributed by atoms with Gasteiger partial charge in [0.2, 0.25) is 5.89 Å². The van der Waals surface area contributed by atoms with E-state index in [9.17, 15) is 14.4 Å². The van der Waals surface area contributed by atoms with Crippen molar-refractivity contribution in [1.82, 2.24) is 20.4 Å². The predicted molar refractivity (Wildman–Crippen MR) is 102 cm³/mol. The molecule has 4 rings (SSSR count). The number of aromatic nitrogens is 2. The molecule has 158 valence electrons. The minimum absolute atomic E-state index is 0.110. The van der Waals surface area contributed by atoms with E-state index >= 15 is 0 Å². The number of rotatable bonds is 6. The van der Waals surface area contributed by atoms with Crippen molar-refractivity contribution >= 4 is 17.9 Å². The van der Waals surface area contributed by atoms with Crippen LogP contribution in [0, 0.1) is 0 Å². The number of hydrogen-bond acceptors (Lipinski definition) is 8. The first-order valence-electron chi connectivity index (χ1n) is 9.73. The summed E-state index contributed by atoms with van der Waals surface area (Å²) in [5.74, 6) is -0.0217. The van der Waals surface area contributed by atoms with Crippen LogP contribution in [0.15, 0.2) is 28.7 Å². The normalized spacial score (nSPS) is 18.5. The van der Waals surface area contributed by atoms with E-state index in [0.717, 1.165) is 17.7 Å². The number of urea groups is 1. The molecule has 2 heterocycles. The van der Waals surface area contributed by atoms with Gasteiger partial charge in [-0.15, -0.1) is 10.2 Å². The largest absolute Gasteiger partial charge is 0.497 e. The lowest BCUT2D eigenvalue weighted by Crippen LogP contribution is -2.44. The van der Waals surface area contributed by atoms with E-state index in [4.69, 9.17) is 13.9 Å². The van der Waals surface area contributed by atoms with Crippen molar-refractivity contribution in [3.8, 4) is 17.2 Å². The average Bonchev–Trinajstić information content (AvgIpc) is 3.46. The van der Waals surface area contributed by atoms with Crippen LogP contribution in [0.1, 0.15) is 44.6 Å². The first kappa shape index (κ1) is 19.9. The number of carbonyl (C=O) groups is 3. The van der Waals surface area contributed by atoms with Crippen LogP contribution in [0.5, 0.6) is 5.75 Å². The van der Waals surface area contributed by atoms with Gasteiger partial charge in [0.05, 0.1) is 7.11 Å². The van der Waals surface area contributed by atoms with Crippen LogP contribution in [-0.4, -0.2) is 52.2 Å². The molecule has 1 aromatic heterocycles. The summed E-state index contributed by atoms with van der Waals surface area (Å²) in [5, 5.41) is 10.6. The van der Waals surface area contributed by atoms with Gasteiger partial charge in [-0.2, -0.15) is 0 Å². The van der Waals surface area contributed by atoms with Gasteiger partial charge in [-0.1, -0.05) is 12.8 Å². The number of nitrogens with zero attached hydrogens (tertiary/aromatic N) is 3. The first-order chi connectivity index (χ1) is 14.4. The molecule has 1 aliphatic carbocycles. The maximum absolute atomic E-state index is 12.6. The summed E-state index contributed by atoms with van der Waals surface area (Å²) in [4.78, 5) is 38.0. The van der Waals surface area contributed by atoms with Crippen molar-refractivity contribution in [2.45, 2.75) is 44.2 Å². The molecule has 2 fully saturated rings. The van der Waals surface area contributed by atoms with Crippen molar-refractivity contribution in [3.05, 3.63) is 30.2 Å². The molecule has 2 aliphatic rings. The summed E-state index contributed by atoms with van der Waals surface area (Å²) in [6, 6.07) is 6.49. The lowest BCUT2D eigenvalue weighted by Gasteiger charge is -2.19. The number of imide groups is 1. The minimum Gasteiger partial charge on any atom is -0.497 e. The molecule has 1 aliphatic heterocycles. The topological polar surface area (TPSA) is 124 Å². The molecule has 0 bridgehead atoms. The Morgan fingerprint density at radius 2 is 1.93 bits per heavy atom. The molecule has 3 amide bonds. The second-order valence-corrected chi connectivity index (χ2v) is 7.42. The molecule has 10 heteroatoms. The van der Waals surface area contributed by atoms with Gasteiger partial charge in [0.25, 0.3) is 11.8 Å². The Bertz CT molecular complexity index is 964. The van der Waals surface area contributed by atoms with Crippen molar-refractivity contribution in [3.63, 3.8) is 0 Å². The molecule has 1 saturated carbocycles. The number of carbonyl (C=O) groups excluding carboxylic acids is 3. The van der Waals surface area contributed by atoms with E-state index in [-0.39, 0.29) is 17.7 Å². The average molecular weight is 414 g/mol. The molecule has 10 nitrogen and oxygen atoms in total. The van der Waals surface area contributed by atoms with Crippen molar-refractivity contribution in [2.24, 2.45) is 0 Å². The highest BCUT2D eigenvalue weighted by Gasteiger charge is 2.52. The number of nitrogens with one attached hydrogen (secondary N) is 1. The lowest BCUT2D eigenvalue weighted by atomic mass is 9.98. The van der Waals surface area contributed by atoms with E-state index in [0.29, 0.717) is 24.2 Å². The van der Waals surface area contributed by atoms with Gasteiger partial charge in [0.1, 0.15) is 17.8 Å². The van der Waals surface area contributed by atoms with Gasteiger partial charge in [0, 0.05) is 5.56 Å². The van der Waals surface area contributed by atoms with Crippen LogP contribution in [0.2, 0.25) is 0 Å². The second kappa shape index (κ2) is 7.77. The summed E-state index contributed by atoms with van der Waals surface area (Å²) in [7, 11) is 1.57. The number of esters is 1. The zero-order valence-electron chi connectivity index (χ0n) is 16.7. The molecule has 30 heavy (non-hydrogen) atoms. The summed E-state index contributed by atoms with van der Waals surface area (Å²) in [6.45, 7) is 1.11. The summed E-state index contributed by atoms with van der Waals surface area (Å²) in [6.07, 6.45) is 2.09. The maximum Gasteiger partial charge on any atom is 0.327 e. The molecule has 1 N–H and O–H groups in total. The summed E-state index contributed by atoms with van der Waals surface area (Å²) in [5.41, 5.74) is -0.169. The molecule has 1 saturated heterocycles. The molecule has 1 atom stereocenters. The Hall–Kier alpha value is -3.43. The van der Waals surface area contributed by atoms with Gasteiger partial charge >= 0.3 is 12.0 Å². The molecule has 1 aromatic carbocycles. The third-order valence-corrected chi connectivity index (χ3v) is 5.42. The predicted octanol–water partition coefficient (Wildman–Crippen LogP) is 2.21. The third kappa shape index (κ3) is 3.60. The highest BCUT2D eigenvalue weighted by molar-refractivity contribution is 6.08. The molecular formula is C20H22N4O6. The van der Waals surface area contributed by atoms with E-state index in [2.05, 4.69) is 15.5 Å². The van der Waals surface area contributed by atoms with E-state index in [1.165, 1.54) is 0 Å². The van der Waals surface area contributed by atoms with Gasteiger partial charge in [-0.05, 0) is 44.0 Å². The lowest BCUT2D eigenvalue weighted by molar-refractivity contribution is -0.152. The highest BCUT2D eigenvalue weighted by Crippen LogP contribution is 2.35. The van der Waals surface area contributed by atoms with E-state index in [1.807, 2.05) is 0 Å². The number of methoxy groups -OCH3 is 1. The van der Waals surface area contributed by atoms with E-state index < -0.39 is 30.2 Å². The van der Waals surface area contributed by atoms with Crippen LogP contribution >= 0.6 is 0 Å². The molecule has 2 aromatic rings. The zero-order valence-corrected chi connectivity index (χ0v) is 16.7. The molecule has 1 spiro atoms. The Morgan fingerprint density at radius 1 is 1.23 bits per heavy atom. The molecular weight excluding hydrogens is 392 g/mol. The van der Waals surface area contributed by atoms with Crippen LogP contribution in [0.3, 0.4) is 0 Å². The number of ether oxygens (including phenoxy) is 2. The van der Waals surface area contributed by atoms with E-state index in [1.54, 1.807) is 38.3 Å². The van der Waals surface area contributed by atoms with Crippen molar-refractivity contribution < 1.29 is 28.3 Å². The fourth-order valence-electron chi connectivity index (χ4n) is 3.80. The number of amides is 3. The maximum atomic E-state index is 12.6. The smallest absolute Gasteiger partial charge is 0.327 e. The van der Waals surface area contributed by atoms with Gasteiger partial charge in [-0.3, -0.25) is 14.5 Å². The van der Waals surface area contributed by atoms with Crippen LogP contribution in [0.25, 0.3) is 11.5 Å². The quantitative estimate of drug-likeness (QED) is 0.564. The van der Waals surface area contributed by atoms with Crippen LogP contribution in [0.4, 0.5) is 4.79 Å². The zero-order chi connectivity index (χ0) is 21.3. The number of hydrogen-bond donors (Lipinski definition) is 1. The second-order valence-electron chi connectivity index (χ2n) is 7.42. The van der Waals surface area contributed by atoms with Crippen molar-refractivity contribution in [2.75, 3.05) is 13.7 Å². The summed E-state index contributed by atoms with van der Waals surface area (Å²) >= 11 is 0. The third-order valence-electron chi connectivity index (χ3n) is 5.42. The standard InChI is InChI=1S/C20H22N4O6/c1-12(16-22-23-17(30-16)13-5-7-14(28-2)8-6-13)29-15(25)11-24-18(26)20(21-19(24)27)9-3-4-10-20/h5-8,12H,3-4,9-11H2,1-2H3,(H,21,27)/t12-/m0/s1. The van der Waals surface area contributed by atoms with Gasteiger partial charge in [0.15, 0.2) is 6.10 Å². The Kier molecular flexibility index (Phi) is 5.15. The highest BCUT2D eigenvalue weighted by atomic mass is 16.6. The first-order valence-corrected chi connectivity index (χ1v) is 9.73. The van der Waals surface area contributed by atoms with Gasteiger partial charge in [-0.25, -0.2) is 4.79 Å². The van der Waals surface area contributed by atoms with Crippen LogP contribution < -0.4 is 10.1 Å². The Morgan fingerprint density at radius 3 is 2.60 bits per heavy atom. The molecule has 0 unspecified atom stereocenters. The number of benzene rings is 1. The molecule has 0 radical (unpaired) electrons. The fraction of sp³-hybridized carbons (Fsp3) is 0.450. The van der Waals surface area contributed by atoms with Gasteiger partial charge < -0.3 is 19.2 Å². The Balaban J connectivity index is 1.37. The SMILES string of the molecule is COc1ccc(-c2nnc([C@H](C)OC(=O)CN3C(=O)NC4(CCCC4)C3=O)o2)cc1. The van der Waals surface area contributed by atoms with Crippen molar-refractivity contribution in [1.29, 1.82) is 0 Å². The monoisotopic (exact) mass is 414 g/mol. The fourth-order valence-corrected chi connectivity index (χ4v) is 3.80. The minimum atomic E-state index is -0.858. The summed E-state index contributed by atoms with van der Waals surface area (Å²) < 4.78 is 16.0. The van der Waals surface area contributed by atoms with Crippen LogP contribution in [-0.2, 0) is 14.3 Å².